The average Bonchev–Trinajstić information content (AvgIpc) is 3.63. The minimum atomic E-state index is -4.52. The molecule has 288 valence electrons. The first-order chi connectivity index (χ1) is 26.0. The Hall–Kier alpha value is -4.53. The summed E-state index contributed by atoms with van der Waals surface area (Å²) in [4.78, 5) is 28.7. The number of rotatable bonds is 13. The molecular formula is C40H48F3N7O4. The van der Waals surface area contributed by atoms with Gasteiger partial charge in [-0.1, -0.05) is 25.3 Å². The number of nitrogens with zero attached hydrogens (tertiary/aromatic N) is 6. The van der Waals surface area contributed by atoms with E-state index in [4.69, 9.17) is 24.2 Å². The van der Waals surface area contributed by atoms with Crippen LogP contribution in [0.2, 0.25) is 0 Å². The zero-order valence-electron chi connectivity index (χ0n) is 31.0. The standard InChI is InChI=1S/C40H48F3N7O4/c1-5-27-20-29-36(31(22-53-25-40(41,42)43)35(27)34-26(3)8-9-32-30(34)21-44-47-32)45-38(54-28-10-15-48(16-11-28)14-7-19-52-4)46-37(29)49-17-12-39(13-18-49)23-50(24-39)33(51)6-2/h5-6,8-9,20-21,28H,1-2,7,10-19,22-25H2,3-4H3,(H,44,47). The van der Waals surface area contributed by atoms with Gasteiger partial charge in [-0.2, -0.15) is 28.2 Å². The molecule has 2 aromatic carbocycles. The quantitative estimate of drug-likeness (QED) is 0.118. The Labute approximate surface area is 313 Å². The number of hydrogen-bond acceptors (Lipinski definition) is 9. The maximum atomic E-state index is 13.6. The van der Waals surface area contributed by atoms with Gasteiger partial charge in [0.05, 0.1) is 23.8 Å². The molecule has 14 heteroatoms. The van der Waals surface area contributed by atoms with Gasteiger partial charge in [-0.15, -0.1) is 0 Å². The number of fused-ring (bicyclic) bond motifs is 2. The van der Waals surface area contributed by atoms with Crippen LogP contribution in [-0.4, -0.2) is 114 Å². The van der Waals surface area contributed by atoms with Crippen LogP contribution in [0, 0.1) is 12.3 Å². The second-order valence-corrected chi connectivity index (χ2v) is 14.8. The number of alkyl halides is 3. The number of benzene rings is 2. The Morgan fingerprint density at radius 3 is 2.52 bits per heavy atom. The fourth-order valence-electron chi connectivity index (χ4n) is 8.33. The number of amides is 1. The molecule has 0 aliphatic carbocycles. The van der Waals surface area contributed by atoms with Gasteiger partial charge >= 0.3 is 12.2 Å². The first kappa shape index (κ1) is 37.8. The molecule has 7 rings (SSSR count). The van der Waals surface area contributed by atoms with Crippen molar-refractivity contribution in [3.05, 3.63) is 60.3 Å². The Kier molecular flexibility index (Phi) is 11.0. The molecule has 1 amide bonds. The molecule has 0 atom stereocenters. The smallest absolute Gasteiger partial charge is 0.411 e. The van der Waals surface area contributed by atoms with Gasteiger partial charge in [0, 0.05) is 81.3 Å². The Morgan fingerprint density at radius 1 is 1.07 bits per heavy atom. The molecular weight excluding hydrogens is 699 g/mol. The van der Waals surface area contributed by atoms with Gasteiger partial charge in [-0.3, -0.25) is 9.89 Å². The summed E-state index contributed by atoms with van der Waals surface area (Å²) < 4.78 is 57.9. The van der Waals surface area contributed by atoms with E-state index in [1.807, 2.05) is 30.0 Å². The number of likely N-dealkylation sites (tertiary alicyclic amines) is 2. The second-order valence-electron chi connectivity index (χ2n) is 14.8. The van der Waals surface area contributed by atoms with E-state index in [-0.39, 0.29) is 30.0 Å². The summed E-state index contributed by atoms with van der Waals surface area (Å²) in [7, 11) is 1.71. The first-order valence-electron chi connectivity index (χ1n) is 18.6. The maximum absolute atomic E-state index is 13.6. The van der Waals surface area contributed by atoms with Crippen LogP contribution in [0.5, 0.6) is 6.01 Å². The molecule has 5 heterocycles. The van der Waals surface area contributed by atoms with Crippen molar-refractivity contribution in [2.45, 2.75) is 57.9 Å². The minimum absolute atomic E-state index is 0.0331. The molecule has 2 aromatic heterocycles. The SMILES string of the molecule is C=CC(=O)N1CC2(CCN(c3nc(OC4CCN(CCCOC)CC4)nc4c(COCC(F)(F)F)c(-c5c(C)ccc6[nH]ncc56)c(C=C)cc34)CC2)C1. The molecule has 0 bridgehead atoms. The van der Waals surface area contributed by atoms with Crippen molar-refractivity contribution in [2.24, 2.45) is 5.41 Å². The van der Waals surface area contributed by atoms with Crippen LogP contribution < -0.4 is 9.64 Å². The third kappa shape index (κ3) is 7.82. The minimum Gasteiger partial charge on any atom is -0.460 e. The number of anilines is 1. The number of piperidine rings is 2. The van der Waals surface area contributed by atoms with Crippen molar-refractivity contribution < 1.29 is 32.2 Å². The monoisotopic (exact) mass is 747 g/mol. The number of carbonyl (C=O) groups excluding carboxylic acids is 1. The Morgan fingerprint density at radius 2 is 1.83 bits per heavy atom. The normalized spacial score (nSPS) is 18.0. The predicted octanol–water partition coefficient (Wildman–Crippen LogP) is 6.70. The zero-order valence-corrected chi connectivity index (χ0v) is 31.0. The number of aromatic nitrogens is 4. The van der Waals surface area contributed by atoms with E-state index in [1.165, 1.54) is 6.08 Å². The molecule has 1 N–H and O–H groups in total. The highest BCUT2D eigenvalue weighted by atomic mass is 19.4. The lowest BCUT2D eigenvalue weighted by Gasteiger charge is -2.54. The Bertz CT molecular complexity index is 2010. The van der Waals surface area contributed by atoms with Gasteiger partial charge < -0.3 is 28.9 Å². The molecule has 3 saturated heterocycles. The molecule has 54 heavy (non-hydrogen) atoms. The highest BCUT2D eigenvalue weighted by Crippen LogP contribution is 2.45. The van der Waals surface area contributed by atoms with Crippen LogP contribution in [-0.2, 0) is 20.9 Å². The van der Waals surface area contributed by atoms with Crippen LogP contribution in [0.15, 0.2) is 43.6 Å². The summed E-state index contributed by atoms with van der Waals surface area (Å²) in [6, 6.07) is 6.07. The van der Waals surface area contributed by atoms with Gasteiger partial charge in [-0.25, -0.2) is 0 Å². The number of hydrogen-bond donors (Lipinski definition) is 1. The van der Waals surface area contributed by atoms with Crippen LogP contribution in [0.25, 0.3) is 39.0 Å². The lowest BCUT2D eigenvalue weighted by Crippen LogP contribution is -2.61. The summed E-state index contributed by atoms with van der Waals surface area (Å²) in [5, 5.41) is 8.80. The van der Waals surface area contributed by atoms with Crippen LogP contribution in [0.1, 0.15) is 48.8 Å². The van der Waals surface area contributed by atoms with Crippen molar-refractivity contribution >= 4 is 39.6 Å². The van der Waals surface area contributed by atoms with Crippen molar-refractivity contribution in [1.82, 2.24) is 30.0 Å². The third-order valence-corrected chi connectivity index (χ3v) is 11.2. The summed E-state index contributed by atoms with van der Waals surface area (Å²) in [5.41, 5.74) is 4.93. The van der Waals surface area contributed by atoms with Crippen LogP contribution in [0.3, 0.4) is 0 Å². The highest BCUT2D eigenvalue weighted by molar-refractivity contribution is 6.05. The lowest BCUT2D eigenvalue weighted by molar-refractivity contribution is -0.176. The average molecular weight is 748 g/mol. The fraction of sp³-hybridized carbons (Fsp3) is 0.500. The summed E-state index contributed by atoms with van der Waals surface area (Å²) in [5.74, 6) is 0.604. The lowest BCUT2D eigenvalue weighted by atomic mass is 9.72. The molecule has 3 fully saturated rings. The van der Waals surface area contributed by atoms with E-state index >= 15 is 0 Å². The number of aromatic amines is 1. The van der Waals surface area contributed by atoms with Crippen molar-refractivity contribution in [3.8, 4) is 17.1 Å². The van der Waals surface area contributed by atoms with Gasteiger partial charge in [-0.05, 0) is 79.5 Å². The van der Waals surface area contributed by atoms with Gasteiger partial charge in [0.15, 0.2) is 0 Å². The largest absolute Gasteiger partial charge is 0.460 e. The molecule has 0 radical (unpaired) electrons. The van der Waals surface area contributed by atoms with Crippen LogP contribution >= 0.6 is 0 Å². The van der Waals surface area contributed by atoms with Gasteiger partial charge in [0.2, 0.25) is 5.91 Å². The number of halogens is 3. The third-order valence-electron chi connectivity index (χ3n) is 11.2. The predicted molar refractivity (Wildman–Crippen MR) is 202 cm³/mol. The van der Waals surface area contributed by atoms with Crippen LogP contribution in [0.4, 0.5) is 19.0 Å². The number of carbonyl (C=O) groups is 1. The second kappa shape index (κ2) is 15.7. The molecule has 0 unspecified atom stereocenters. The number of aryl methyl sites for hydroxylation is 1. The van der Waals surface area contributed by atoms with E-state index in [0.717, 1.165) is 79.3 Å². The van der Waals surface area contributed by atoms with E-state index in [9.17, 15) is 18.0 Å². The first-order valence-corrected chi connectivity index (χ1v) is 18.6. The molecule has 3 aliphatic rings. The van der Waals surface area contributed by atoms with Gasteiger partial charge in [0.25, 0.3) is 0 Å². The summed E-state index contributed by atoms with van der Waals surface area (Å²) >= 11 is 0. The van der Waals surface area contributed by atoms with Crippen molar-refractivity contribution in [3.63, 3.8) is 0 Å². The molecule has 4 aromatic rings. The molecule has 1 spiro atoms. The summed E-state index contributed by atoms with van der Waals surface area (Å²) in [6.07, 6.45) is 4.41. The summed E-state index contributed by atoms with van der Waals surface area (Å²) in [6.45, 7) is 14.1. The van der Waals surface area contributed by atoms with E-state index in [1.54, 1.807) is 19.4 Å². The van der Waals surface area contributed by atoms with E-state index in [0.29, 0.717) is 60.6 Å². The van der Waals surface area contributed by atoms with E-state index in [2.05, 4.69) is 33.2 Å². The number of H-pyrrole nitrogens is 1. The molecule has 3 aliphatic heterocycles. The fourth-order valence-corrected chi connectivity index (χ4v) is 8.33. The number of nitrogens with one attached hydrogen (secondary N) is 1. The van der Waals surface area contributed by atoms with Crippen molar-refractivity contribution in [1.29, 1.82) is 0 Å². The van der Waals surface area contributed by atoms with Crippen molar-refractivity contribution in [2.75, 3.05) is 71.0 Å². The topological polar surface area (TPSA) is 109 Å². The maximum Gasteiger partial charge on any atom is 0.411 e. The van der Waals surface area contributed by atoms with Gasteiger partial charge in [0.1, 0.15) is 18.5 Å². The highest BCUT2D eigenvalue weighted by Gasteiger charge is 2.46. The molecule has 0 saturated carbocycles. The zero-order chi connectivity index (χ0) is 38.0. The number of ether oxygens (including phenoxy) is 3. The van der Waals surface area contributed by atoms with E-state index < -0.39 is 12.8 Å². The number of methoxy groups -OCH3 is 1. The molecule has 11 nitrogen and oxygen atoms in total. The Balaban J connectivity index is 1.31.